The Kier molecular flexibility index (Phi) is 2.72. The summed E-state index contributed by atoms with van der Waals surface area (Å²) in [5, 5.41) is 0. The molecular weight excluding hydrogens is 206 g/mol. The Morgan fingerprint density at radius 3 is 2.88 bits per heavy atom. The first-order chi connectivity index (χ1) is 7.74. The van der Waals surface area contributed by atoms with Crippen molar-refractivity contribution in [3.63, 3.8) is 0 Å². The van der Waals surface area contributed by atoms with E-state index in [0.29, 0.717) is 11.3 Å². The van der Waals surface area contributed by atoms with Gasteiger partial charge in [-0.3, -0.25) is 4.98 Å². The van der Waals surface area contributed by atoms with Crippen LogP contribution < -0.4 is 0 Å². The molecule has 0 N–H and O–H groups in total. The van der Waals surface area contributed by atoms with Crippen molar-refractivity contribution in [2.75, 3.05) is 7.11 Å². The molecule has 0 aliphatic rings. The summed E-state index contributed by atoms with van der Waals surface area (Å²) in [5.41, 5.74) is 2.02. The summed E-state index contributed by atoms with van der Waals surface area (Å²) < 4.78 is 10.0. The number of methoxy groups -OCH3 is 1. The molecule has 2 aromatic rings. The van der Waals surface area contributed by atoms with Gasteiger partial charge in [-0.1, -0.05) is 0 Å². The van der Waals surface area contributed by atoms with Crippen molar-refractivity contribution in [1.29, 1.82) is 0 Å². The molecule has 0 saturated heterocycles. The van der Waals surface area contributed by atoms with Gasteiger partial charge in [0.1, 0.15) is 5.76 Å². The van der Waals surface area contributed by atoms with Gasteiger partial charge in [0, 0.05) is 18.0 Å². The standard InChI is InChI=1S/C12H11NO3/c1-8-6-13-7-9(12(14)15-2)11(8)10-4-3-5-16-10/h3-7H,1-2H3. The average Bonchev–Trinajstić information content (AvgIpc) is 2.81. The topological polar surface area (TPSA) is 52.3 Å². The molecule has 0 aliphatic heterocycles. The highest BCUT2D eigenvalue weighted by atomic mass is 16.5. The van der Waals surface area contributed by atoms with Crippen LogP contribution in [0.3, 0.4) is 0 Å². The molecule has 0 saturated carbocycles. The number of pyridine rings is 1. The fraction of sp³-hybridized carbons (Fsp3) is 0.167. The molecular formula is C12H11NO3. The first-order valence-electron chi connectivity index (χ1n) is 4.81. The van der Waals surface area contributed by atoms with Crippen LogP contribution >= 0.6 is 0 Å². The molecule has 2 rings (SSSR count). The highest BCUT2D eigenvalue weighted by Crippen LogP contribution is 2.27. The number of esters is 1. The number of ether oxygens (including phenoxy) is 1. The minimum atomic E-state index is -0.414. The minimum Gasteiger partial charge on any atom is -0.465 e. The molecule has 0 fully saturated rings. The molecule has 0 spiro atoms. The van der Waals surface area contributed by atoms with E-state index in [4.69, 9.17) is 9.15 Å². The van der Waals surface area contributed by atoms with Crippen molar-refractivity contribution < 1.29 is 13.9 Å². The third-order valence-electron chi connectivity index (χ3n) is 2.31. The summed E-state index contributed by atoms with van der Waals surface area (Å²) in [6, 6.07) is 3.57. The van der Waals surface area contributed by atoms with Crippen LogP contribution in [0.15, 0.2) is 35.2 Å². The quantitative estimate of drug-likeness (QED) is 0.725. The van der Waals surface area contributed by atoms with Gasteiger partial charge < -0.3 is 9.15 Å². The average molecular weight is 217 g/mol. The third kappa shape index (κ3) is 1.69. The fourth-order valence-corrected chi connectivity index (χ4v) is 1.58. The van der Waals surface area contributed by atoms with Gasteiger partial charge in [0.05, 0.1) is 18.9 Å². The summed E-state index contributed by atoms with van der Waals surface area (Å²) in [6.07, 6.45) is 4.73. The van der Waals surface area contributed by atoms with Gasteiger partial charge in [-0.05, 0) is 24.6 Å². The van der Waals surface area contributed by atoms with Gasteiger partial charge in [0.2, 0.25) is 0 Å². The molecule has 0 aliphatic carbocycles. The van der Waals surface area contributed by atoms with E-state index < -0.39 is 5.97 Å². The zero-order chi connectivity index (χ0) is 11.5. The SMILES string of the molecule is COC(=O)c1cncc(C)c1-c1ccco1. The Balaban J connectivity index is 2.62. The number of aryl methyl sites for hydroxylation is 1. The van der Waals surface area contributed by atoms with Gasteiger partial charge in [-0.2, -0.15) is 0 Å². The molecule has 2 aromatic heterocycles. The van der Waals surface area contributed by atoms with Crippen LogP contribution in [-0.2, 0) is 4.74 Å². The van der Waals surface area contributed by atoms with Crippen molar-refractivity contribution in [3.05, 3.63) is 41.9 Å². The van der Waals surface area contributed by atoms with E-state index in [0.717, 1.165) is 11.1 Å². The smallest absolute Gasteiger partial charge is 0.340 e. The van der Waals surface area contributed by atoms with Crippen LogP contribution in [0.25, 0.3) is 11.3 Å². The zero-order valence-electron chi connectivity index (χ0n) is 9.06. The number of carbonyl (C=O) groups is 1. The maximum atomic E-state index is 11.6. The van der Waals surface area contributed by atoms with E-state index in [-0.39, 0.29) is 0 Å². The van der Waals surface area contributed by atoms with Crippen LogP contribution in [0.4, 0.5) is 0 Å². The van der Waals surface area contributed by atoms with Crippen molar-refractivity contribution in [2.45, 2.75) is 6.92 Å². The molecule has 16 heavy (non-hydrogen) atoms. The van der Waals surface area contributed by atoms with E-state index in [1.807, 2.05) is 6.92 Å². The van der Waals surface area contributed by atoms with Crippen molar-refractivity contribution in [3.8, 4) is 11.3 Å². The molecule has 0 amide bonds. The number of furan rings is 1. The number of hydrogen-bond acceptors (Lipinski definition) is 4. The molecule has 4 heteroatoms. The monoisotopic (exact) mass is 217 g/mol. The number of carbonyl (C=O) groups excluding carboxylic acids is 1. The lowest BCUT2D eigenvalue weighted by Gasteiger charge is -2.07. The number of aromatic nitrogens is 1. The minimum absolute atomic E-state index is 0.414. The normalized spacial score (nSPS) is 10.1. The highest BCUT2D eigenvalue weighted by Gasteiger charge is 2.17. The van der Waals surface area contributed by atoms with E-state index in [2.05, 4.69) is 4.98 Å². The maximum Gasteiger partial charge on any atom is 0.340 e. The molecule has 2 heterocycles. The molecule has 0 unspecified atom stereocenters. The fourth-order valence-electron chi connectivity index (χ4n) is 1.58. The molecule has 0 bridgehead atoms. The molecule has 4 nitrogen and oxygen atoms in total. The first-order valence-corrected chi connectivity index (χ1v) is 4.81. The number of rotatable bonds is 2. The Morgan fingerprint density at radius 1 is 1.44 bits per heavy atom. The summed E-state index contributed by atoms with van der Waals surface area (Å²) in [4.78, 5) is 15.6. The Morgan fingerprint density at radius 2 is 2.25 bits per heavy atom. The number of nitrogens with zero attached hydrogens (tertiary/aromatic N) is 1. The van der Waals surface area contributed by atoms with Crippen molar-refractivity contribution in [2.24, 2.45) is 0 Å². The largest absolute Gasteiger partial charge is 0.465 e. The van der Waals surface area contributed by atoms with E-state index in [1.165, 1.54) is 13.3 Å². The van der Waals surface area contributed by atoms with Gasteiger partial charge >= 0.3 is 5.97 Å². The van der Waals surface area contributed by atoms with Crippen LogP contribution in [0.1, 0.15) is 15.9 Å². The van der Waals surface area contributed by atoms with Crippen LogP contribution in [0, 0.1) is 6.92 Å². The molecule has 0 aromatic carbocycles. The Bertz CT molecular complexity index is 503. The lowest BCUT2D eigenvalue weighted by molar-refractivity contribution is 0.0601. The second-order valence-electron chi connectivity index (χ2n) is 3.35. The summed E-state index contributed by atoms with van der Waals surface area (Å²) in [7, 11) is 1.34. The predicted molar refractivity (Wildman–Crippen MR) is 58.0 cm³/mol. The zero-order valence-corrected chi connectivity index (χ0v) is 9.06. The molecule has 0 atom stereocenters. The van der Waals surface area contributed by atoms with Crippen LogP contribution in [0.2, 0.25) is 0 Å². The molecule has 0 radical (unpaired) electrons. The lowest BCUT2D eigenvalue weighted by atomic mass is 10.0. The second-order valence-corrected chi connectivity index (χ2v) is 3.35. The maximum absolute atomic E-state index is 11.6. The van der Waals surface area contributed by atoms with E-state index in [1.54, 1.807) is 24.6 Å². The Labute approximate surface area is 92.9 Å². The van der Waals surface area contributed by atoms with Crippen molar-refractivity contribution in [1.82, 2.24) is 4.98 Å². The summed E-state index contributed by atoms with van der Waals surface area (Å²) in [6.45, 7) is 1.87. The van der Waals surface area contributed by atoms with Gasteiger partial charge in [-0.25, -0.2) is 4.79 Å². The first kappa shape index (κ1) is 10.4. The van der Waals surface area contributed by atoms with Crippen LogP contribution in [-0.4, -0.2) is 18.1 Å². The van der Waals surface area contributed by atoms with Gasteiger partial charge in [0.15, 0.2) is 0 Å². The molecule has 82 valence electrons. The predicted octanol–water partition coefficient (Wildman–Crippen LogP) is 2.44. The van der Waals surface area contributed by atoms with E-state index >= 15 is 0 Å². The number of hydrogen-bond donors (Lipinski definition) is 0. The lowest BCUT2D eigenvalue weighted by Crippen LogP contribution is -2.05. The van der Waals surface area contributed by atoms with Gasteiger partial charge in [0.25, 0.3) is 0 Å². The van der Waals surface area contributed by atoms with Crippen LogP contribution in [0.5, 0.6) is 0 Å². The second kappa shape index (κ2) is 4.18. The van der Waals surface area contributed by atoms with E-state index in [9.17, 15) is 4.79 Å². The summed E-state index contributed by atoms with van der Waals surface area (Å²) >= 11 is 0. The van der Waals surface area contributed by atoms with Gasteiger partial charge in [-0.15, -0.1) is 0 Å². The third-order valence-corrected chi connectivity index (χ3v) is 2.31. The Hall–Kier alpha value is -2.10. The summed E-state index contributed by atoms with van der Waals surface area (Å²) in [5.74, 6) is 0.225. The highest BCUT2D eigenvalue weighted by molar-refractivity contribution is 5.96. The van der Waals surface area contributed by atoms with Crippen molar-refractivity contribution >= 4 is 5.97 Å².